The van der Waals surface area contributed by atoms with E-state index in [2.05, 4.69) is 4.72 Å². The van der Waals surface area contributed by atoms with Crippen molar-refractivity contribution in [3.05, 3.63) is 95.6 Å². The molecular weight excluding hydrogens is 374 g/mol. The highest BCUT2D eigenvalue weighted by molar-refractivity contribution is 7.92. The molecule has 0 aromatic heterocycles. The van der Waals surface area contributed by atoms with Crippen molar-refractivity contribution < 1.29 is 18.3 Å². The summed E-state index contributed by atoms with van der Waals surface area (Å²) in [5.41, 5.74) is 2.15. The number of sulfonamides is 1. The molecule has 3 aromatic rings. The topological polar surface area (TPSA) is 83.5 Å². The van der Waals surface area contributed by atoms with Gasteiger partial charge in [-0.2, -0.15) is 0 Å². The quantitative estimate of drug-likeness (QED) is 0.480. The van der Waals surface area contributed by atoms with Gasteiger partial charge in [0.2, 0.25) is 0 Å². The lowest BCUT2D eigenvalue weighted by Gasteiger charge is -2.11. The highest BCUT2D eigenvalue weighted by Crippen LogP contribution is 2.22. The number of carbonyl (C=O) groups excluding carboxylic acids is 1. The Morgan fingerprint density at radius 1 is 0.929 bits per heavy atom. The van der Waals surface area contributed by atoms with Crippen molar-refractivity contribution in [3.8, 4) is 5.75 Å². The molecule has 0 amide bonds. The number of anilines is 1. The van der Waals surface area contributed by atoms with Gasteiger partial charge in [0.05, 0.1) is 10.6 Å². The molecule has 142 valence electrons. The summed E-state index contributed by atoms with van der Waals surface area (Å²) in [5.74, 6) is -0.199. The fourth-order valence-corrected chi connectivity index (χ4v) is 3.63. The lowest BCUT2D eigenvalue weighted by Crippen LogP contribution is -2.15. The van der Waals surface area contributed by atoms with Crippen LogP contribution in [0.5, 0.6) is 5.75 Å². The Hall–Kier alpha value is -3.38. The van der Waals surface area contributed by atoms with E-state index < -0.39 is 10.0 Å². The largest absolute Gasteiger partial charge is 0.508 e. The highest BCUT2D eigenvalue weighted by Gasteiger charge is 2.17. The fraction of sp³-hybridized carbons (Fsp3) is 0.0455. The number of carbonyl (C=O) groups is 1. The SMILES string of the molecule is Cc1ccc(S(=O)(=O)Nc2ccccc2C(=O)/C=C/c2ccc(O)cc2)cc1. The zero-order valence-electron chi connectivity index (χ0n) is 15.2. The zero-order chi connectivity index (χ0) is 20.1. The Bertz CT molecular complexity index is 1120. The molecular formula is C22H19NO4S. The van der Waals surface area contributed by atoms with Gasteiger partial charge >= 0.3 is 0 Å². The van der Waals surface area contributed by atoms with E-state index in [-0.39, 0.29) is 27.7 Å². The number of rotatable bonds is 6. The molecule has 3 rings (SSSR count). The normalized spacial score (nSPS) is 11.5. The van der Waals surface area contributed by atoms with Gasteiger partial charge in [-0.3, -0.25) is 9.52 Å². The summed E-state index contributed by atoms with van der Waals surface area (Å²) in [6, 6.07) is 19.3. The van der Waals surface area contributed by atoms with E-state index in [0.29, 0.717) is 0 Å². The van der Waals surface area contributed by atoms with Gasteiger partial charge in [0.1, 0.15) is 5.75 Å². The maximum absolute atomic E-state index is 12.6. The summed E-state index contributed by atoms with van der Waals surface area (Å²) in [6.45, 7) is 1.87. The number of hydrogen-bond donors (Lipinski definition) is 2. The van der Waals surface area contributed by atoms with Crippen LogP contribution in [-0.2, 0) is 10.0 Å². The van der Waals surface area contributed by atoms with E-state index in [1.807, 2.05) is 6.92 Å². The van der Waals surface area contributed by atoms with E-state index in [9.17, 15) is 18.3 Å². The number of aromatic hydroxyl groups is 1. The molecule has 0 heterocycles. The van der Waals surface area contributed by atoms with Gasteiger partial charge in [-0.1, -0.05) is 48.0 Å². The van der Waals surface area contributed by atoms with Crippen LogP contribution in [0.15, 0.2) is 83.8 Å². The molecule has 0 saturated heterocycles. The minimum Gasteiger partial charge on any atom is -0.508 e. The van der Waals surface area contributed by atoms with Crippen LogP contribution in [0.25, 0.3) is 6.08 Å². The van der Waals surface area contributed by atoms with Gasteiger partial charge < -0.3 is 5.11 Å². The van der Waals surface area contributed by atoms with Gasteiger partial charge in [-0.05, 0) is 55.0 Å². The number of ketones is 1. The van der Waals surface area contributed by atoms with Crippen molar-refractivity contribution >= 4 is 27.6 Å². The average Bonchev–Trinajstić information content (AvgIpc) is 2.68. The first-order valence-corrected chi connectivity index (χ1v) is 10.0. The van der Waals surface area contributed by atoms with E-state index >= 15 is 0 Å². The van der Waals surface area contributed by atoms with Crippen LogP contribution in [0.1, 0.15) is 21.5 Å². The Kier molecular flexibility index (Phi) is 5.61. The summed E-state index contributed by atoms with van der Waals surface area (Å²) < 4.78 is 27.8. The molecule has 3 aromatic carbocycles. The summed E-state index contributed by atoms with van der Waals surface area (Å²) in [6.07, 6.45) is 2.97. The molecule has 0 atom stereocenters. The first kappa shape index (κ1) is 19.4. The van der Waals surface area contributed by atoms with Crippen LogP contribution in [-0.4, -0.2) is 19.3 Å². The highest BCUT2D eigenvalue weighted by atomic mass is 32.2. The first-order chi connectivity index (χ1) is 13.3. The van der Waals surface area contributed by atoms with E-state index in [1.54, 1.807) is 54.6 Å². The number of hydrogen-bond acceptors (Lipinski definition) is 4. The predicted octanol–water partition coefficient (Wildman–Crippen LogP) is 4.40. The molecule has 5 nitrogen and oxygen atoms in total. The summed E-state index contributed by atoms with van der Waals surface area (Å²) in [4.78, 5) is 12.7. The van der Waals surface area contributed by atoms with Gasteiger partial charge in [0.25, 0.3) is 10.0 Å². The molecule has 0 spiro atoms. The smallest absolute Gasteiger partial charge is 0.261 e. The lowest BCUT2D eigenvalue weighted by atomic mass is 10.1. The third-order valence-electron chi connectivity index (χ3n) is 4.09. The maximum atomic E-state index is 12.6. The Morgan fingerprint density at radius 2 is 1.57 bits per heavy atom. The molecule has 0 bridgehead atoms. The van der Waals surface area contributed by atoms with Gasteiger partial charge in [0.15, 0.2) is 5.78 Å². The number of para-hydroxylation sites is 1. The third kappa shape index (κ3) is 4.66. The summed E-state index contributed by atoms with van der Waals surface area (Å²) in [5, 5.41) is 9.31. The molecule has 2 N–H and O–H groups in total. The molecule has 0 aliphatic carbocycles. The molecule has 6 heteroatoms. The van der Waals surface area contributed by atoms with Crippen molar-refractivity contribution in [1.82, 2.24) is 0 Å². The molecule has 0 saturated carbocycles. The second-order valence-electron chi connectivity index (χ2n) is 6.25. The number of benzene rings is 3. The monoisotopic (exact) mass is 393 g/mol. The van der Waals surface area contributed by atoms with Crippen molar-refractivity contribution in [2.24, 2.45) is 0 Å². The molecule has 28 heavy (non-hydrogen) atoms. The Balaban J connectivity index is 1.85. The predicted molar refractivity (Wildman–Crippen MR) is 110 cm³/mol. The minimum absolute atomic E-state index is 0.125. The molecule has 0 aliphatic heterocycles. The maximum Gasteiger partial charge on any atom is 0.261 e. The number of allylic oxidation sites excluding steroid dienone is 1. The van der Waals surface area contributed by atoms with Crippen LogP contribution in [0.4, 0.5) is 5.69 Å². The van der Waals surface area contributed by atoms with Crippen LogP contribution in [0, 0.1) is 6.92 Å². The lowest BCUT2D eigenvalue weighted by molar-refractivity contribution is 0.104. The molecule has 0 fully saturated rings. The third-order valence-corrected chi connectivity index (χ3v) is 5.47. The van der Waals surface area contributed by atoms with Crippen molar-refractivity contribution in [2.75, 3.05) is 4.72 Å². The van der Waals surface area contributed by atoms with Crippen LogP contribution < -0.4 is 4.72 Å². The van der Waals surface area contributed by atoms with E-state index in [0.717, 1.165) is 11.1 Å². The van der Waals surface area contributed by atoms with Crippen molar-refractivity contribution in [3.63, 3.8) is 0 Å². The minimum atomic E-state index is -3.81. The fourth-order valence-electron chi connectivity index (χ4n) is 2.56. The summed E-state index contributed by atoms with van der Waals surface area (Å²) in [7, 11) is -3.81. The zero-order valence-corrected chi connectivity index (χ0v) is 16.0. The van der Waals surface area contributed by atoms with Crippen LogP contribution in [0.3, 0.4) is 0 Å². The van der Waals surface area contributed by atoms with Crippen molar-refractivity contribution in [2.45, 2.75) is 11.8 Å². The second-order valence-corrected chi connectivity index (χ2v) is 7.94. The number of nitrogens with one attached hydrogen (secondary N) is 1. The van der Waals surface area contributed by atoms with E-state index in [1.165, 1.54) is 30.3 Å². The first-order valence-electron chi connectivity index (χ1n) is 8.55. The average molecular weight is 393 g/mol. The molecule has 0 aliphatic rings. The molecule has 0 radical (unpaired) electrons. The van der Waals surface area contributed by atoms with Gasteiger partial charge in [-0.15, -0.1) is 0 Å². The standard InChI is InChI=1S/C22H19NO4S/c1-16-6-13-19(14-7-16)28(26,27)23-21-5-3-2-4-20(21)22(25)15-10-17-8-11-18(24)12-9-17/h2-15,23-24H,1H3/b15-10+. The number of aryl methyl sites for hydroxylation is 1. The Labute approximate surface area is 164 Å². The van der Waals surface area contributed by atoms with Crippen molar-refractivity contribution in [1.29, 1.82) is 0 Å². The van der Waals surface area contributed by atoms with Crippen LogP contribution >= 0.6 is 0 Å². The second kappa shape index (κ2) is 8.10. The number of phenols is 1. The Morgan fingerprint density at radius 3 is 2.25 bits per heavy atom. The van der Waals surface area contributed by atoms with Crippen LogP contribution in [0.2, 0.25) is 0 Å². The number of phenolic OH excluding ortho intramolecular Hbond substituents is 1. The van der Waals surface area contributed by atoms with Gasteiger partial charge in [-0.25, -0.2) is 8.42 Å². The van der Waals surface area contributed by atoms with E-state index in [4.69, 9.17) is 0 Å². The summed E-state index contributed by atoms with van der Waals surface area (Å²) >= 11 is 0. The van der Waals surface area contributed by atoms with Gasteiger partial charge in [0, 0.05) is 5.56 Å². The molecule has 0 unspecified atom stereocenters.